The molecule has 1 aromatic heterocycles. The number of hydrogen-bond acceptors (Lipinski definition) is 2. The molecule has 1 aromatic carbocycles. The van der Waals surface area contributed by atoms with Gasteiger partial charge in [0.05, 0.1) is 22.3 Å². The van der Waals surface area contributed by atoms with Gasteiger partial charge in [0.25, 0.3) is 0 Å². The van der Waals surface area contributed by atoms with Crippen LogP contribution in [0.25, 0.3) is 0 Å². The molecule has 1 nitrogen and oxygen atoms in total. The first-order valence-electron chi connectivity index (χ1n) is 4.58. The Hall–Kier alpha value is -0.220. The highest BCUT2D eigenvalue weighted by Gasteiger charge is 2.05. The largest absolute Gasteiger partial charge is 0.379 e. The van der Waals surface area contributed by atoms with E-state index in [1.54, 1.807) is 17.4 Å². The molecule has 1 heterocycles. The van der Waals surface area contributed by atoms with Gasteiger partial charge in [0, 0.05) is 9.35 Å². The molecular formula is C11H8BrCl2NS. The molecule has 5 heteroatoms. The number of rotatable bonds is 3. The van der Waals surface area contributed by atoms with Crippen molar-refractivity contribution in [3.63, 3.8) is 0 Å². The third-order valence-corrected chi connectivity index (χ3v) is 4.83. The van der Waals surface area contributed by atoms with Crippen molar-refractivity contribution in [1.29, 1.82) is 0 Å². The molecular weight excluding hydrogens is 329 g/mol. The van der Waals surface area contributed by atoms with Gasteiger partial charge in [-0.2, -0.15) is 0 Å². The van der Waals surface area contributed by atoms with E-state index in [4.69, 9.17) is 23.2 Å². The normalized spacial score (nSPS) is 10.4. The summed E-state index contributed by atoms with van der Waals surface area (Å²) >= 11 is 17.2. The molecule has 1 N–H and O–H groups in total. The van der Waals surface area contributed by atoms with Crippen LogP contribution in [0.15, 0.2) is 34.1 Å². The highest BCUT2D eigenvalue weighted by Crippen LogP contribution is 2.31. The lowest BCUT2D eigenvalue weighted by molar-refractivity contribution is 1.18. The Balaban J connectivity index is 2.11. The fraction of sp³-hybridized carbons (Fsp3) is 0.0909. The number of hydrogen-bond donors (Lipinski definition) is 1. The lowest BCUT2D eigenvalue weighted by Crippen LogP contribution is -1.98. The quantitative estimate of drug-likeness (QED) is 0.788. The van der Waals surface area contributed by atoms with E-state index in [-0.39, 0.29) is 0 Å². The predicted octanol–water partition coefficient (Wildman–Crippen LogP) is 5.43. The molecule has 0 unspecified atom stereocenters. The van der Waals surface area contributed by atoms with Crippen molar-refractivity contribution < 1.29 is 0 Å². The van der Waals surface area contributed by atoms with E-state index in [1.165, 1.54) is 4.88 Å². The van der Waals surface area contributed by atoms with Gasteiger partial charge >= 0.3 is 0 Å². The van der Waals surface area contributed by atoms with Crippen LogP contribution < -0.4 is 5.32 Å². The molecule has 0 spiro atoms. The molecule has 84 valence electrons. The summed E-state index contributed by atoms with van der Waals surface area (Å²) in [6.45, 7) is 0.734. The highest BCUT2D eigenvalue weighted by atomic mass is 79.9. The molecule has 0 atom stereocenters. The van der Waals surface area contributed by atoms with E-state index in [2.05, 4.69) is 21.2 Å². The third-order valence-electron chi connectivity index (χ3n) is 2.08. The van der Waals surface area contributed by atoms with E-state index >= 15 is 0 Å². The fourth-order valence-electron chi connectivity index (χ4n) is 1.27. The zero-order valence-electron chi connectivity index (χ0n) is 8.14. The van der Waals surface area contributed by atoms with Crippen molar-refractivity contribution in [2.75, 3.05) is 5.32 Å². The second-order valence-corrected chi connectivity index (χ2v) is 5.79. The molecule has 0 bridgehead atoms. The van der Waals surface area contributed by atoms with Gasteiger partial charge in [0.15, 0.2) is 0 Å². The lowest BCUT2D eigenvalue weighted by Gasteiger charge is -2.08. The van der Waals surface area contributed by atoms with E-state index < -0.39 is 0 Å². The summed E-state index contributed by atoms with van der Waals surface area (Å²) in [5.41, 5.74) is 0.856. The minimum atomic E-state index is 0.567. The lowest BCUT2D eigenvalue weighted by atomic mass is 10.3. The maximum Gasteiger partial charge on any atom is 0.0823 e. The van der Waals surface area contributed by atoms with E-state index in [0.29, 0.717) is 10.0 Å². The minimum Gasteiger partial charge on any atom is -0.379 e. The topological polar surface area (TPSA) is 12.0 Å². The molecule has 0 amide bonds. The second kappa shape index (κ2) is 5.41. The van der Waals surface area contributed by atoms with E-state index in [1.807, 2.05) is 23.6 Å². The average molecular weight is 337 g/mol. The van der Waals surface area contributed by atoms with Crippen LogP contribution in [0.3, 0.4) is 0 Å². The summed E-state index contributed by atoms with van der Waals surface area (Å²) in [6.07, 6.45) is 0. The minimum absolute atomic E-state index is 0.567. The highest BCUT2D eigenvalue weighted by molar-refractivity contribution is 9.10. The van der Waals surface area contributed by atoms with Gasteiger partial charge in [-0.1, -0.05) is 29.3 Å². The number of nitrogens with one attached hydrogen (secondary N) is 1. The van der Waals surface area contributed by atoms with Crippen molar-refractivity contribution in [2.45, 2.75) is 6.54 Å². The van der Waals surface area contributed by atoms with Gasteiger partial charge in [-0.3, -0.25) is 0 Å². The Morgan fingerprint density at radius 2 is 2.06 bits per heavy atom. The molecule has 0 fully saturated rings. The summed E-state index contributed by atoms with van der Waals surface area (Å²) in [7, 11) is 0. The summed E-state index contributed by atoms with van der Waals surface area (Å²) in [4.78, 5) is 1.23. The second-order valence-electron chi connectivity index (χ2n) is 3.15. The number of halogens is 3. The van der Waals surface area contributed by atoms with Gasteiger partial charge in [0.2, 0.25) is 0 Å². The molecule has 0 aliphatic rings. The van der Waals surface area contributed by atoms with Gasteiger partial charge in [0.1, 0.15) is 0 Å². The SMILES string of the molecule is Clc1cccc(NCc2sccc2Br)c1Cl. The first kappa shape index (κ1) is 12.2. The standard InChI is InChI=1S/C11H8BrCl2NS/c12-7-4-5-16-10(7)6-15-9-3-1-2-8(13)11(9)14/h1-5,15H,6H2. The Morgan fingerprint density at radius 3 is 2.75 bits per heavy atom. The molecule has 0 saturated heterocycles. The van der Waals surface area contributed by atoms with Gasteiger partial charge < -0.3 is 5.32 Å². The smallest absolute Gasteiger partial charge is 0.0823 e. The Kier molecular flexibility index (Phi) is 4.14. The summed E-state index contributed by atoms with van der Waals surface area (Å²) < 4.78 is 1.11. The monoisotopic (exact) mass is 335 g/mol. The van der Waals surface area contributed by atoms with Gasteiger partial charge in [-0.05, 0) is 39.5 Å². The van der Waals surface area contributed by atoms with Crippen molar-refractivity contribution >= 4 is 56.2 Å². The van der Waals surface area contributed by atoms with Crippen molar-refractivity contribution in [3.8, 4) is 0 Å². The van der Waals surface area contributed by atoms with Crippen LogP contribution in [0.2, 0.25) is 10.0 Å². The van der Waals surface area contributed by atoms with Crippen LogP contribution >= 0.6 is 50.5 Å². The Labute approximate surface area is 117 Å². The predicted molar refractivity (Wildman–Crippen MR) is 75.8 cm³/mol. The maximum absolute atomic E-state index is 6.07. The zero-order chi connectivity index (χ0) is 11.5. The molecule has 16 heavy (non-hydrogen) atoms. The molecule has 0 radical (unpaired) electrons. The molecule has 2 aromatic rings. The maximum atomic E-state index is 6.07. The molecule has 0 aliphatic heterocycles. The van der Waals surface area contributed by atoms with Crippen molar-refractivity contribution in [1.82, 2.24) is 0 Å². The summed E-state index contributed by atoms with van der Waals surface area (Å²) in [5, 5.41) is 6.44. The zero-order valence-corrected chi connectivity index (χ0v) is 12.1. The van der Waals surface area contributed by atoms with Crippen molar-refractivity contribution in [2.24, 2.45) is 0 Å². The molecule has 0 saturated carbocycles. The van der Waals surface area contributed by atoms with E-state index in [0.717, 1.165) is 16.7 Å². The van der Waals surface area contributed by atoms with Crippen LogP contribution in [-0.4, -0.2) is 0 Å². The summed E-state index contributed by atoms with van der Waals surface area (Å²) in [5.74, 6) is 0. The fourth-order valence-corrected chi connectivity index (χ4v) is 3.07. The third kappa shape index (κ3) is 2.72. The van der Waals surface area contributed by atoms with E-state index in [9.17, 15) is 0 Å². The van der Waals surface area contributed by atoms with Crippen LogP contribution in [0.5, 0.6) is 0 Å². The number of anilines is 1. The first-order valence-corrected chi connectivity index (χ1v) is 7.01. The van der Waals surface area contributed by atoms with Crippen LogP contribution in [0.4, 0.5) is 5.69 Å². The van der Waals surface area contributed by atoms with Crippen molar-refractivity contribution in [3.05, 3.63) is 49.0 Å². The first-order chi connectivity index (χ1) is 7.68. The van der Waals surface area contributed by atoms with Crippen LogP contribution in [0.1, 0.15) is 4.88 Å². The number of benzene rings is 1. The van der Waals surface area contributed by atoms with Gasteiger partial charge in [-0.15, -0.1) is 11.3 Å². The van der Waals surface area contributed by atoms with Gasteiger partial charge in [-0.25, -0.2) is 0 Å². The van der Waals surface area contributed by atoms with Crippen LogP contribution in [0, 0.1) is 0 Å². The van der Waals surface area contributed by atoms with Crippen LogP contribution in [-0.2, 0) is 6.54 Å². The number of thiophene rings is 1. The molecule has 2 rings (SSSR count). The Bertz CT molecular complexity index is 498. The average Bonchev–Trinajstić information content (AvgIpc) is 2.67. The Morgan fingerprint density at radius 1 is 1.25 bits per heavy atom. The summed E-state index contributed by atoms with van der Waals surface area (Å²) in [6, 6.07) is 7.59. The molecule has 0 aliphatic carbocycles.